The minimum Gasteiger partial charge on any atom is -0.494 e. The van der Waals surface area contributed by atoms with Gasteiger partial charge in [0, 0.05) is 41.1 Å². The van der Waals surface area contributed by atoms with Crippen LogP contribution in [0.3, 0.4) is 0 Å². The Bertz CT molecular complexity index is 936. The highest BCUT2D eigenvalue weighted by Crippen LogP contribution is 2.37. The Morgan fingerprint density at radius 1 is 1.31 bits per heavy atom. The van der Waals surface area contributed by atoms with E-state index in [2.05, 4.69) is 11.6 Å². The van der Waals surface area contributed by atoms with Crippen molar-refractivity contribution in [2.24, 2.45) is 0 Å². The highest BCUT2D eigenvalue weighted by molar-refractivity contribution is 7.92. The third-order valence-electron chi connectivity index (χ3n) is 4.70. The third-order valence-corrected chi connectivity index (χ3v) is 7.11. The van der Waals surface area contributed by atoms with Crippen LogP contribution in [0.1, 0.15) is 32.3 Å². The molecule has 0 spiro atoms. The fourth-order valence-corrected chi connectivity index (χ4v) is 4.75. The number of ether oxygens (including phenoxy) is 2. The lowest BCUT2D eigenvalue weighted by Crippen LogP contribution is -2.43. The molecule has 1 fully saturated rings. The van der Waals surface area contributed by atoms with Gasteiger partial charge in [-0.25, -0.2) is 13.4 Å². The number of sulfone groups is 1. The van der Waals surface area contributed by atoms with Crippen LogP contribution in [0, 0.1) is 0 Å². The Hall–Kier alpha value is -1.79. The molecule has 0 N–H and O–H groups in total. The minimum atomic E-state index is -3.00. The van der Waals surface area contributed by atoms with Crippen LogP contribution in [-0.2, 0) is 14.6 Å². The van der Waals surface area contributed by atoms with Gasteiger partial charge in [0.15, 0.2) is 9.84 Å². The van der Waals surface area contributed by atoms with Gasteiger partial charge in [0.25, 0.3) is 0 Å². The van der Waals surface area contributed by atoms with Gasteiger partial charge in [-0.15, -0.1) is 0 Å². The molecule has 0 aliphatic heterocycles. The van der Waals surface area contributed by atoms with Gasteiger partial charge in [0.2, 0.25) is 0 Å². The number of halogens is 1. The Labute approximate surface area is 158 Å². The number of fused-ring (bicyclic) bond motifs is 1. The van der Waals surface area contributed by atoms with Gasteiger partial charge in [-0.1, -0.05) is 25.1 Å². The average Bonchev–Trinajstić information content (AvgIpc) is 2.57. The summed E-state index contributed by atoms with van der Waals surface area (Å²) in [6.45, 7) is 8.06. The molecule has 0 bridgehead atoms. The molecular formula is C19H22ClNO4S. The summed E-state index contributed by atoms with van der Waals surface area (Å²) in [6, 6.07) is 5.48. The molecular weight excluding hydrogens is 374 g/mol. The molecule has 3 rings (SSSR count). The summed E-state index contributed by atoms with van der Waals surface area (Å²) >= 11 is 6.07. The molecule has 7 heteroatoms. The molecule has 2 aromatic rings. The number of benzene rings is 1. The van der Waals surface area contributed by atoms with Gasteiger partial charge in [-0.3, -0.25) is 0 Å². The van der Waals surface area contributed by atoms with Crippen molar-refractivity contribution >= 4 is 38.0 Å². The van der Waals surface area contributed by atoms with Crippen molar-refractivity contribution in [3.63, 3.8) is 0 Å². The van der Waals surface area contributed by atoms with Crippen molar-refractivity contribution in [1.29, 1.82) is 0 Å². The molecule has 1 aliphatic rings. The SMILES string of the molecule is C=C(OCC)c1ccc(O[C@H]2C[C@@H](S(=O)(=O)CC)C2)c2cnc(Cl)cc12. The van der Waals surface area contributed by atoms with Crippen LogP contribution in [0.2, 0.25) is 5.15 Å². The van der Waals surface area contributed by atoms with E-state index in [0.29, 0.717) is 36.1 Å². The van der Waals surface area contributed by atoms with E-state index >= 15 is 0 Å². The van der Waals surface area contributed by atoms with Crippen molar-refractivity contribution in [3.05, 3.63) is 41.7 Å². The first-order valence-corrected chi connectivity index (χ1v) is 10.7. The van der Waals surface area contributed by atoms with Crippen LogP contribution < -0.4 is 4.74 Å². The van der Waals surface area contributed by atoms with E-state index in [1.54, 1.807) is 19.2 Å². The lowest BCUT2D eigenvalue weighted by atomic mass is 9.95. The molecule has 0 radical (unpaired) electrons. The molecule has 140 valence electrons. The van der Waals surface area contributed by atoms with Crippen LogP contribution in [-0.4, -0.2) is 37.1 Å². The zero-order valence-corrected chi connectivity index (χ0v) is 16.4. The first-order chi connectivity index (χ1) is 12.4. The molecule has 1 saturated carbocycles. The summed E-state index contributed by atoms with van der Waals surface area (Å²) in [4.78, 5) is 4.15. The standard InChI is InChI=1S/C19H22ClNO4S/c1-4-24-12(3)15-6-7-18(17-11-21-19(20)10-16(15)17)25-13-8-14(9-13)26(22,23)5-2/h6-7,10-11,13-14H,3-5,8-9H2,1-2H3/t13-,14+. The summed E-state index contributed by atoms with van der Waals surface area (Å²) in [5, 5.41) is 1.72. The van der Waals surface area contributed by atoms with E-state index in [-0.39, 0.29) is 17.1 Å². The predicted octanol–water partition coefficient (Wildman–Crippen LogP) is 4.24. The molecule has 1 aromatic heterocycles. The second-order valence-electron chi connectivity index (χ2n) is 6.30. The highest BCUT2D eigenvalue weighted by Gasteiger charge is 2.39. The number of hydrogen-bond donors (Lipinski definition) is 0. The lowest BCUT2D eigenvalue weighted by molar-refractivity contribution is 0.125. The van der Waals surface area contributed by atoms with E-state index < -0.39 is 9.84 Å². The fourth-order valence-electron chi connectivity index (χ4n) is 3.11. The smallest absolute Gasteiger partial charge is 0.153 e. The van der Waals surface area contributed by atoms with Crippen LogP contribution in [0.4, 0.5) is 0 Å². The topological polar surface area (TPSA) is 65.5 Å². The van der Waals surface area contributed by atoms with Gasteiger partial charge < -0.3 is 9.47 Å². The van der Waals surface area contributed by atoms with Crippen molar-refractivity contribution in [3.8, 4) is 5.75 Å². The lowest BCUT2D eigenvalue weighted by Gasteiger charge is -2.35. The maximum absolute atomic E-state index is 11.9. The van der Waals surface area contributed by atoms with E-state index in [4.69, 9.17) is 21.1 Å². The average molecular weight is 396 g/mol. The molecule has 1 heterocycles. The van der Waals surface area contributed by atoms with Crippen LogP contribution >= 0.6 is 11.6 Å². The largest absolute Gasteiger partial charge is 0.494 e. The van der Waals surface area contributed by atoms with Crippen LogP contribution in [0.15, 0.2) is 31.0 Å². The Balaban J connectivity index is 1.87. The van der Waals surface area contributed by atoms with Gasteiger partial charge in [-0.2, -0.15) is 0 Å². The Morgan fingerprint density at radius 3 is 2.69 bits per heavy atom. The van der Waals surface area contributed by atoms with Crippen molar-refractivity contribution < 1.29 is 17.9 Å². The summed E-state index contributed by atoms with van der Waals surface area (Å²) in [7, 11) is -3.00. The van der Waals surface area contributed by atoms with E-state index in [1.807, 2.05) is 19.1 Å². The summed E-state index contributed by atoms with van der Waals surface area (Å²) in [6.07, 6.45) is 2.59. The molecule has 0 saturated heterocycles. The highest BCUT2D eigenvalue weighted by atomic mass is 35.5. The van der Waals surface area contributed by atoms with Gasteiger partial charge in [0.05, 0.1) is 11.9 Å². The molecule has 0 atom stereocenters. The van der Waals surface area contributed by atoms with Gasteiger partial charge in [0.1, 0.15) is 22.8 Å². The maximum Gasteiger partial charge on any atom is 0.153 e. The van der Waals surface area contributed by atoms with Crippen LogP contribution in [0.5, 0.6) is 5.75 Å². The van der Waals surface area contributed by atoms with Crippen LogP contribution in [0.25, 0.3) is 16.5 Å². The first kappa shape index (κ1) is 19.0. The van der Waals surface area contributed by atoms with Crippen molar-refractivity contribution in [2.75, 3.05) is 12.4 Å². The quantitative estimate of drug-likeness (QED) is 0.518. The molecule has 5 nitrogen and oxygen atoms in total. The number of aromatic nitrogens is 1. The van der Waals surface area contributed by atoms with Gasteiger partial charge in [-0.05, 0) is 25.1 Å². The monoisotopic (exact) mass is 395 g/mol. The first-order valence-electron chi connectivity index (χ1n) is 8.64. The molecule has 1 aliphatic carbocycles. The zero-order chi connectivity index (χ0) is 18.9. The normalized spacial score (nSPS) is 19.8. The summed E-state index contributed by atoms with van der Waals surface area (Å²) < 4.78 is 35.4. The van der Waals surface area contributed by atoms with E-state index in [0.717, 1.165) is 16.3 Å². The zero-order valence-electron chi connectivity index (χ0n) is 14.9. The number of rotatable bonds is 7. The molecule has 0 unspecified atom stereocenters. The molecule has 26 heavy (non-hydrogen) atoms. The maximum atomic E-state index is 11.9. The van der Waals surface area contributed by atoms with Crippen molar-refractivity contribution in [2.45, 2.75) is 38.0 Å². The molecule has 0 amide bonds. The molecule has 1 aromatic carbocycles. The Kier molecular flexibility index (Phi) is 5.44. The van der Waals surface area contributed by atoms with E-state index in [1.165, 1.54) is 0 Å². The third kappa shape index (κ3) is 3.67. The Morgan fingerprint density at radius 2 is 2.04 bits per heavy atom. The summed E-state index contributed by atoms with van der Waals surface area (Å²) in [5.41, 5.74) is 0.832. The number of pyridine rings is 1. The number of hydrogen-bond acceptors (Lipinski definition) is 5. The predicted molar refractivity (Wildman–Crippen MR) is 104 cm³/mol. The fraction of sp³-hybridized carbons (Fsp3) is 0.421. The van der Waals surface area contributed by atoms with Gasteiger partial charge >= 0.3 is 0 Å². The second-order valence-corrected chi connectivity index (χ2v) is 9.26. The number of nitrogens with zero attached hydrogens (tertiary/aromatic N) is 1. The second kappa shape index (κ2) is 7.45. The summed E-state index contributed by atoms with van der Waals surface area (Å²) in [5.74, 6) is 1.39. The minimum absolute atomic E-state index is 0.110. The van der Waals surface area contributed by atoms with Crippen molar-refractivity contribution in [1.82, 2.24) is 4.98 Å². The van der Waals surface area contributed by atoms with E-state index in [9.17, 15) is 8.42 Å².